The van der Waals surface area contributed by atoms with Crippen LogP contribution in [0.5, 0.6) is 0 Å². The Hall–Kier alpha value is -1.85. The van der Waals surface area contributed by atoms with E-state index in [1.165, 1.54) is 0 Å². The van der Waals surface area contributed by atoms with Crippen molar-refractivity contribution in [3.8, 4) is 18.4 Å². The molecule has 4 heteroatoms. The summed E-state index contributed by atoms with van der Waals surface area (Å²) in [7, 11) is 0. The average Bonchev–Trinajstić information content (AvgIpc) is 2.49. The topological polar surface area (TPSA) is 50.5 Å². The minimum Gasteiger partial charge on any atom is -0.387 e. The Morgan fingerprint density at radius 2 is 1.75 bits per heavy atom. The van der Waals surface area contributed by atoms with Crippen LogP contribution in [0, 0.1) is 23.7 Å². The number of piperazine rings is 1. The monoisotopic (exact) mass is 269 g/mol. The van der Waals surface area contributed by atoms with Crippen molar-refractivity contribution in [1.29, 1.82) is 5.26 Å². The predicted molar refractivity (Wildman–Crippen MR) is 77.8 cm³/mol. The molecule has 1 aliphatic heterocycles. The van der Waals surface area contributed by atoms with Crippen molar-refractivity contribution >= 4 is 0 Å². The van der Waals surface area contributed by atoms with Gasteiger partial charge in [0.2, 0.25) is 0 Å². The van der Waals surface area contributed by atoms with Crippen molar-refractivity contribution in [1.82, 2.24) is 9.80 Å². The zero-order chi connectivity index (χ0) is 14.4. The third-order valence-corrected chi connectivity index (χ3v) is 3.64. The second-order valence-electron chi connectivity index (χ2n) is 5.03. The molecule has 0 amide bonds. The van der Waals surface area contributed by atoms with E-state index in [1.54, 1.807) is 12.1 Å². The quantitative estimate of drug-likeness (QED) is 0.823. The summed E-state index contributed by atoms with van der Waals surface area (Å²) in [6, 6.07) is 9.19. The number of nitrogens with zero attached hydrogens (tertiary/aromatic N) is 3. The van der Waals surface area contributed by atoms with Gasteiger partial charge in [0.25, 0.3) is 0 Å². The van der Waals surface area contributed by atoms with Crippen molar-refractivity contribution < 1.29 is 5.11 Å². The first kappa shape index (κ1) is 14.6. The maximum atomic E-state index is 10.2. The minimum absolute atomic E-state index is 0.512. The molecule has 1 aliphatic rings. The van der Waals surface area contributed by atoms with Crippen LogP contribution in [0.15, 0.2) is 24.3 Å². The number of rotatable bonds is 4. The van der Waals surface area contributed by atoms with Gasteiger partial charge in [-0.1, -0.05) is 18.1 Å². The van der Waals surface area contributed by atoms with E-state index in [4.69, 9.17) is 11.7 Å². The summed E-state index contributed by atoms with van der Waals surface area (Å²) in [6.45, 7) is 5.07. The molecule has 1 saturated heterocycles. The van der Waals surface area contributed by atoms with Crippen LogP contribution < -0.4 is 0 Å². The number of aliphatic hydroxyl groups is 1. The molecule has 4 nitrogen and oxygen atoms in total. The summed E-state index contributed by atoms with van der Waals surface area (Å²) >= 11 is 0. The van der Waals surface area contributed by atoms with E-state index in [0.29, 0.717) is 18.7 Å². The third kappa shape index (κ3) is 3.82. The highest BCUT2D eigenvalue weighted by Gasteiger charge is 2.19. The first-order chi connectivity index (χ1) is 9.72. The maximum Gasteiger partial charge on any atom is 0.0991 e. The lowest BCUT2D eigenvalue weighted by atomic mass is 10.1. The summed E-state index contributed by atoms with van der Waals surface area (Å²) in [5.74, 6) is 2.66. The lowest BCUT2D eigenvalue weighted by Crippen LogP contribution is -2.47. The van der Waals surface area contributed by atoms with E-state index in [1.807, 2.05) is 12.1 Å². The Morgan fingerprint density at radius 1 is 1.15 bits per heavy atom. The van der Waals surface area contributed by atoms with Gasteiger partial charge in [-0.15, -0.1) is 6.42 Å². The second kappa shape index (κ2) is 7.07. The molecular weight excluding hydrogens is 250 g/mol. The molecule has 0 spiro atoms. The Bertz CT molecular complexity index is 504. The van der Waals surface area contributed by atoms with Gasteiger partial charge in [-0.2, -0.15) is 5.26 Å². The summed E-state index contributed by atoms with van der Waals surface area (Å²) in [5.41, 5.74) is 1.47. The van der Waals surface area contributed by atoms with E-state index < -0.39 is 6.10 Å². The van der Waals surface area contributed by atoms with Crippen LogP contribution in [0.1, 0.15) is 17.2 Å². The molecule has 0 saturated carbocycles. The van der Waals surface area contributed by atoms with Gasteiger partial charge in [0.05, 0.1) is 24.3 Å². The number of hydrogen-bond acceptors (Lipinski definition) is 4. The second-order valence-corrected chi connectivity index (χ2v) is 5.03. The molecule has 0 radical (unpaired) electrons. The van der Waals surface area contributed by atoms with Crippen molar-refractivity contribution in [2.24, 2.45) is 0 Å². The molecule has 0 aliphatic carbocycles. The van der Waals surface area contributed by atoms with Gasteiger partial charge < -0.3 is 5.11 Å². The Balaban J connectivity index is 1.84. The summed E-state index contributed by atoms with van der Waals surface area (Å²) in [4.78, 5) is 4.49. The highest BCUT2D eigenvalue weighted by Crippen LogP contribution is 2.16. The van der Waals surface area contributed by atoms with Crippen LogP contribution in [0.3, 0.4) is 0 Å². The summed E-state index contributed by atoms with van der Waals surface area (Å²) in [6.07, 6.45) is 4.79. The van der Waals surface area contributed by atoms with Crippen molar-refractivity contribution in [2.45, 2.75) is 6.10 Å². The normalized spacial score (nSPS) is 18.1. The summed E-state index contributed by atoms with van der Waals surface area (Å²) < 4.78 is 0. The van der Waals surface area contributed by atoms with E-state index >= 15 is 0 Å². The molecule has 104 valence electrons. The highest BCUT2D eigenvalue weighted by atomic mass is 16.3. The Labute approximate surface area is 120 Å². The van der Waals surface area contributed by atoms with Gasteiger partial charge in [-0.3, -0.25) is 9.80 Å². The number of benzene rings is 1. The standard InChI is InChI=1S/C16H19N3O/c1-2-7-18-8-10-19(11-9-18)13-16(20)15-5-3-14(12-17)4-6-15/h1,3-6,16,20H,7-11,13H2. The van der Waals surface area contributed by atoms with Gasteiger partial charge in [0.15, 0.2) is 0 Å². The van der Waals surface area contributed by atoms with Crippen LogP contribution in [0.25, 0.3) is 0 Å². The Kier molecular flexibility index (Phi) is 5.15. The molecular formula is C16H19N3O. The number of nitriles is 1. The fourth-order valence-corrected chi connectivity index (χ4v) is 2.39. The van der Waals surface area contributed by atoms with Gasteiger partial charge >= 0.3 is 0 Å². The molecule has 1 aromatic rings. The van der Waals surface area contributed by atoms with Crippen LogP contribution in [-0.4, -0.2) is 54.2 Å². The largest absolute Gasteiger partial charge is 0.387 e. The average molecular weight is 269 g/mol. The first-order valence-corrected chi connectivity index (χ1v) is 6.79. The molecule has 2 rings (SSSR count). The lowest BCUT2D eigenvalue weighted by molar-refractivity contribution is 0.0769. The van der Waals surface area contributed by atoms with Gasteiger partial charge in [-0.05, 0) is 17.7 Å². The number of aliphatic hydroxyl groups excluding tert-OH is 1. The van der Waals surface area contributed by atoms with E-state index in [9.17, 15) is 5.11 Å². The summed E-state index contributed by atoms with van der Waals surface area (Å²) in [5, 5.41) is 19.0. The third-order valence-electron chi connectivity index (χ3n) is 3.64. The number of β-amino-alcohol motifs (C(OH)–C–C–N with tert-alkyl or cyclic N) is 1. The first-order valence-electron chi connectivity index (χ1n) is 6.79. The molecule has 0 aromatic heterocycles. The van der Waals surface area contributed by atoms with Crippen LogP contribution >= 0.6 is 0 Å². The SMILES string of the molecule is C#CCN1CCN(CC(O)c2ccc(C#N)cc2)CC1. The zero-order valence-electron chi connectivity index (χ0n) is 11.5. The van der Waals surface area contributed by atoms with Crippen LogP contribution in [0.4, 0.5) is 0 Å². The van der Waals surface area contributed by atoms with E-state index in [2.05, 4.69) is 21.8 Å². The van der Waals surface area contributed by atoms with Gasteiger partial charge in [-0.25, -0.2) is 0 Å². The van der Waals surface area contributed by atoms with Gasteiger partial charge in [0.1, 0.15) is 0 Å². The van der Waals surface area contributed by atoms with Crippen molar-refractivity contribution in [2.75, 3.05) is 39.3 Å². The minimum atomic E-state index is -0.512. The zero-order valence-corrected chi connectivity index (χ0v) is 11.5. The fourth-order valence-electron chi connectivity index (χ4n) is 2.39. The number of terminal acetylenes is 1. The van der Waals surface area contributed by atoms with Crippen LogP contribution in [-0.2, 0) is 0 Å². The van der Waals surface area contributed by atoms with E-state index in [-0.39, 0.29) is 0 Å². The van der Waals surface area contributed by atoms with Gasteiger partial charge in [0, 0.05) is 32.7 Å². The van der Waals surface area contributed by atoms with Crippen LogP contribution in [0.2, 0.25) is 0 Å². The molecule has 1 aromatic carbocycles. The molecule has 1 unspecified atom stereocenters. The molecule has 1 N–H and O–H groups in total. The van der Waals surface area contributed by atoms with E-state index in [0.717, 1.165) is 31.7 Å². The Morgan fingerprint density at radius 3 is 2.30 bits per heavy atom. The maximum absolute atomic E-state index is 10.2. The highest BCUT2D eigenvalue weighted by molar-refractivity contribution is 5.32. The predicted octanol–water partition coefficient (Wildman–Crippen LogP) is 0.842. The smallest absolute Gasteiger partial charge is 0.0991 e. The molecule has 20 heavy (non-hydrogen) atoms. The lowest BCUT2D eigenvalue weighted by Gasteiger charge is -2.34. The molecule has 1 atom stereocenters. The number of hydrogen-bond donors (Lipinski definition) is 1. The molecule has 1 heterocycles. The molecule has 0 bridgehead atoms. The fraction of sp³-hybridized carbons (Fsp3) is 0.438. The molecule has 1 fully saturated rings. The van der Waals surface area contributed by atoms with Crippen molar-refractivity contribution in [3.05, 3.63) is 35.4 Å². The van der Waals surface area contributed by atoms with Crippen molar-refractivity contribution in [3.63, 3.8) is 0 Å².